The van der Waals surface area contributed by atoms with Gasteiger partial charge in [-0.2, -0.15) is 0 Å². The zero-order valence-corrected chi connectivity index (χ0v) is 11.1. The van der Waals surface area contributed by atoms with Crippen LogP contribution in [0, 0.1) is 0 Å². The van der Waals surface area contributed by atoms with Gasteiger partial charge in [-0.05, 0) is 12.8 Å². The Morgan fingerprint density at radius 2 is 1.68 bits per heavy atom. The minimum atomic E-state index is -0.327. The molecule has 2 rings (SSSR count). The first kappa shape index (κ1) is 14.0. The van der Waals surface area contributed by atoms with Crippen molar-refractivity contribution in [1.29, 1.82) is 0 Å². The zero-order valence-electron chi connectivity index (χ0n) is 11.1. The summed E-state index contributed by atoms with van der Waals surface area (Å²) < 4.78 is 0. The lowest BCUT2D eigenvalue weighted by atomic mass is 10.1. The molecular formula is C13H21N3O3. The second kappa shape index (κ2) is 6.65. The number of piperazine rings is 1. The summed E-state index contributed by atoms with van der Waals surface area (Å²) >= 11 is 0. The fourth-order valence-electron chi connectivity index (χ4n) is 2.62. The molecule has 1 saturated carbocycles. The minimum Gasteiger partial charge on any atom is -0.352 e. The molecule has 2 N–H and O–H groups in total. The SMILES string of the molecule is O=C(CN1C(=O)CNCC1=O)NC1CCCCCC1. The van der Waals surface area contributed by atoms with E-state index in [9.17, 15) is 14.4 Å². The summed E-state index contributed by atoms with van der Waals surface area (Å²) in [5.74, 6) is -0.880. The second-order valence-corrected chi connectivity index (χ2v) is 5.23. The summed E-state index contributed by atoms with van der Waals surface area (Å²) in [6, 6.07) is 0.197. The first-order chi connectivity index (χ1) is 9.16. The first-order valence-corrected chi connectivity index (χ1v) is 7.00. The van der Waals surface area contributed by atoms with Gasteiger partial charge in [0.2, 0.25) is 17.7 Å². The summed E-state index contributed by atoms with van der Waals surface area (Å²) in [5.41, 5.74) is 0. The lowest BCUT2D eigenvalue weighted by molar-refractivity contribution is -0.149. The summed E-state index contributed by atoms with van der Waals surface area (Å²) in [6.45, 7) is 0.112. The number of rotatable bonds is 3. The maximum Gasteiger partial charge on any atom is 0.243 e. The number of nitrogens with one attached hydrogen (secondary N) is 2. The molecule has 0 bridgehead atoms. The number of carbonyl (C=O) groups excluding carboxylic acids is 3. The predicted molar refractivity (Wildman–Crippen MR) is 69.2 cm³/mol. The van der Waals surface area contributed by atoms with Gasteiger partial charge in [0.15, 0.2) is 0 Å². The van der Waals surface area contributed by atoms with E-state index in [-0.39, 0.29) is 43.4 Å². The Bertz CT molecular complexity index is 346. The number of hydrogen-bond acceptors (Lipinski definition) is 4. The summed E-state index contributed by atoms with van der Waals surface area (Å²) in [6.07, 6.45) is 6.71. The molecule has 2 aliphatic rings. The van der Waals surface area contributed by atoms with Gasteiger partial charge in [-0.1, -0.05) is 25.7 Å². The summed E-state index contributed by atoms with van der Waals surface area (Å²) in [7, 11) is 0. The van der Waals surface area contributed by atoms with Crippen molar-refractivity contribution < 1.29 is 14.4 Å². The van der Waals surface area contributed by atoms with Gasteiger partial charge in [0.05, 0.1) is 13.1 Å². The van der Waals surface area contributed by atoms with E-state index in [1.807, 2.05) is 0 Å². The van der Waals surface area contributed by atoms with E-state index in [1.54, 1.807) is 0 Å². The van der Waals surface area contributed by atoms with Crippen LogP contribution < -0.4 is 10.6 Å². The molecule has 3 amide bonds. The first-order valence-electron chi connectivity index (χ1n) is 7.00. The quantitative estimate of drug-likeness (QED) is 0.547. The lowest BCUT2D eigenvalue weighted by Gasteiger charge is -2.26. The minimum absolute atomic E-state index is 0.127. The van der Waals surface area contributed by atoms with E-state index in [0.29, 0.717) is 0 Å². The maximum atomic E-state index is 11.9. The van der Waals surface area contributed by atoms with Gasteiger partial charge in [0.1, 0.15) is 6.54 Å². The van der Waals surface area contributed by atoms with Gasteiger partial charge in [-0.3, -0.25) is 24.6 Å². The van der Waals surface area contributed by atoms with Crippen molar-refractivity contribution in [2.75, 3.05) is 19.6 Å². The lowest BCUT2D eigenvalue weighted by Crippen LogP contribution is -2.55. The molecule has 2 fully saturated rings. The Hall–Kier alpha value is -1.43. The molecule has 0 radical (unpaired) electrons. The van der Waals surface area contributed by atoms with Crippen LogP contribution in [0.2, 0.25) is 0 Å². The monoisotopic (exact) mass is 267 g/mol. The molecule has 1 aliphatic carbocycles. The topological polar surface area (TPSA) is 78.5 Å². The van der Waals surface area contributed by atoms with Gasteiger partial charge >= 0.3 is 0 Å². The van der Waals surface area contributed by atoms with Crippen molar-refractivity contribution >= 4 is 17.7 Å². The Morgan fingerprint density at radius 1 is 1.11 bits per heavy atom. The molecule has 0 spiro atoms. The highest BCUT2D eigenvalue weighted by Gasteiger charge is 2.28. The van der Waals surface area contributed by atoms with Crippen LogP contribution >= 0.6 is 0 Å². The van der Waals surface area contributed by atoms with Gasteiger partial charge in [0, 0.05) is 6.04 Å². The Balaban J connectivity index is 1.82. The van der Waals surface area contributed by atoms with Crippen molar-refractivity contribution in [3.63, 3.8) is 0 Å². The maximum absolute atomic E-state index is 11.9. The van der Waals surface area contributed by atoms with Crippen LogP contribution in [0.1, 0.15) is 38.5 Å². The zero-order chi connectivity index (χ0) is 13.7. The average Bonchev–Trinajstić information content (AvgIpc) is 2.63. The standard InChI is InChI=1S/C13H21N3O3/c17-11(15-10-5-3-1-2-4-6-10)9-16-12(18)7-14-8-13(16)19/h10,14H,1-9H2,(H,15,17). The van der Waals surface area contributed by atoms with Gasteiger partial charge in [-0.15, -0.1) is 0 Å². The van der Waals surface area contributed by atoms with Crippen molar-refractivity contribution in [2.24, 2.45) is 0 Å². The highest BCUT2D eigenvalue weighted by atomic mass is 16.2. The molecule has 6 nitrogen and oxygen atoms in total. The molecule has 1 aliphatic heterocycles. The highest BCUT2D eigenvalue weighted by Crippen LogP contribution is 2.17. The van der Waals surface area contributed by atoms with Gasteiger partial charge < -0.3 is 5.32 Å². The number of amides is 3. The van der Waals surface area contributed by atoms with E-state index in [4.69, 9.17) is 0 Å². The van der Waals surface area contributed by atoms with E-state index in [0.717, 1.165) is 30.6 Å². The normalized spacial score (nSPS) is 22.2. The van der Waals surface area contributed by atoms with E-state index < -0.39 is 0 Å². The number of imide groups is 1. The van der Waals surface area contributed by atoms with Crippen LogP contribution in [0.4, 0.5) is 0 Å². The average molecular weight is 267 g/mol. The molecule has 0 aromatic carbocycles. The van der Waals surface area contributed by atoms with Crippen LogP contribution in [0.25, 0.3) is 0 Å². The van der Waals surface area contributed by atoms with E-state index >= 15 is 0 Å². The third-order valence-corrected chi connectivity index (χ3v) is 3.68. The fraction of sp³-hybridized carbons (Fsp3) is 0.769. The molecule has 6 heteroatoms. The van der Waals surface area contributed by atoms with Crippen LogP contribution in [0.5, 0.6) is 0 Å². The molecule has 0 atom stereocenters. The number of hydrogen-bond donors (Lipinski definition) is 2. The molecule has 19 heavy (non-hydrogen) atoms. The molecule has 1 saturated heterocycles. The van der Waals surface area contributed by atoms with Crippen molar-refractivity contribution in [2.45, 2.75) is 44.6 Å². The molecular weight excluding hydrogens is 246 g/mol. The fourth-order valence-corrected chi connectivity index (χ4v) is 2.62. The third-order valence-electron chi connectivity index (χ3n) is 3.68. The van der Waals surface area contributed by atoms with Crippen molar-refractivity contribution in [3.05, 3.63) is 0 Å². The molecule has 106 valence electrons. The highest BCUT2D eigenvalue weighted by molar-refractivity contribution is 6.02. The molecule has 0 aromatic heterocycles. The summed E-state index contributed by atoms with van der Waals surface area (Å²) in [4.78, 5) is 36.0. The van der Waals surface area contributed by atoms with Crippen LogP contribution in [-0.4, -0.2) is 48.3 Å². The Kier molecular flexibility index (Phi) is 4.90. The van der Waals surface area contributed by atoms with Gasteiger partial charge in [0.25, 0.3) is 0 Å². The van der Waals surface area contributed by atoms with Crippen molar-refractivity contribution in [1.82, 2.24) is 15.5 Å². The number of carbonyl (C=O) groups is 3. The predicted octanol–water partition coefficient (Wildman–Crippen LogP) is -0.216. The van der Waals surface area contributed by atoms with Crippen LogP contribution in [0.15, 0.2) is 0 Å². The second-order valence-electron chi connectivity index (χ2n) is 5.23. The van der Waals surface area contributed by atoms with E-state index in [2.05, 4.69) is 10.6 Å². The Morgan fingerprint density at radius 3 is 2.26 bits per heavy atom. The summed E-state index contributed by atoms with van der Waals surface area (Å²) in [5, 5.41) is 5.65. The molecule has 0 aromatic rings. The Labute approximate surface area is 112 Å². The van der Waals surface area contributed by atoms with Crippen LogP contribution in [-0.2, 0) is 14.4 Å². The molecule has 0 unspecified atom stereocenters. The van der Waals surface area contributed by atoms with E-state index in [1.165, 1.54) is 12.8 Å². The van der Waals surface area contributed by atoms with Crippen molar-refractivity contribution in [3.8, 4) is 0 Å². The molecule has 1 heterocycles. The third kappa shape index (κ3) is 4.02. The largest absolute Gasteiger partial charge is 0.352 e. The van der Waals surface area contributed by atoms with Crippen LogP contribution in [0.3, 0.4) is 0 Å². The van der Waals surface area contributed by atoms with Gasteiger partial charge in [-0.25, -0.2) is 0 Å². The smallest absolute Gasteiger partial charge is 0.243 e. The number of nitrogens with zero attached hydrogens (tertiary/aromatic N) is 1.